The van der Waals surface area contributed by atoms with Gasteiger partial charge in [0.2, 0.25) is 0 Å². The maximum atomic E-state index is 2.36. The van der Waals surface area contributed by atoms with Crippen molar-refractivity contribution < 1.29 is 49.5 Å². The molecule has 0 aromatic heterocycles. The van der Waals surface area contributed by atoms with E-state index in [4.69, 9.17) is 0 Å². The summed E-state index contributed by atoms with van der Waals surface area (Å²) in [6.45, 7) is 4.47. The van der Waals surface area contributed by atoms with Crippen LogP contribution in [0.25, 0.3) is 0 Å². The molecule has 0 spiro atoms. The van der Waals surface area contributed by atoms with Gasteiger partial charge in [0, 0.05) is 0 Å². The smallest absolute Gasteiger partial charge is 1.00 e. The van der Waals surface area contributed by atoms with Gasteiger partial charge in [0.05, 0.1) is 0 Å². The zero-order valence-electron chi connectivity index (χ0n) is 6.75. The quantitative estimate of drug-likeness (QED) is 0.465. The third-order valence-corrected chi connectivity index (χ3v) is 3.29. The largest absolute Gasteiger partial charge is 1.00 e. The van der Waals surface area contributed by atoms with Crippen LogP contribution in [0, 0.1) is 0 Å². The predicted molar refractivity (Wildman–Crippen MR) is 35.7 cm³/mol. The summed E-state index contributed by atoms with van der Waals surface area (Å²) in [5.41, 5.74) is 3.14. The second-order valence-corrected chi connectivity index (χ2v) is 3.87. The maximum absolute atomic E-state index is 2.36. The number of hydrogen-bond donors (Lipinski definition) is 0. The Labute approximate surface area is 96.2 Å². The first-order valence-electron chi connectivity index (χ1n) is 3.36. The standard InChI is InChI=1S/C8H11.2ClH.Zr/c1-3-8-6-4-5-7(8)2;;;/h6H,3-4H2,1-2H3;2*1H;/q;;;+2/p-2. The molecule has 0 saturated heterocycles. The zero-order chi connectivity index (χ0) is 6.85. The Kier molecular flexibility index (Phi) is 8.49. The van der Waals surface area contributed by atoms with Crippen LogP contribution in [-0.4, -0.2) is 0 Å². The van der Waals surface area contributed by atoms with E-state index in [-0.39, 0.29) is 24.8 Å². The van der Waals surface area contributed by atoms with E-state index in [9.17, 15) is 0 Å². The van der Waals surface area contributed by atoms with Gasteiger partial charge in [-0.2, -0.15) is 0 Å². The Balaban J connectivity index is 0. The summed E-state index contributed by atoms with van der Waals surface area (Å²) in [6.07, 6.45) is 4.80. The first-order chi connectivity index (χ1) is 4.25. The van der Waals surface area contributed by atoms with E-state index in [1.807, 2.05) is 0 Å². The van der Waals surface area contributed by atoms with Gasteiger partial charge in [0.25, 0.3) is 0 Å². The molecule has 0 atom stereocenters. The molecule has 1 aliphatic rings. The molecule has 0 unspecified atom stereocenters. The summed E-state index contributed by atoms with van der Waals surface area (Å²) >= 11 is 1.59. The van der Waals surface area contributed by atoms with E-state index in [0.29, 0.717) is 0 Å². The zero-order valence-corrected chi connectivity index (χ0v) is 10.7. The van der Waals surface area contributed by atoms with Gasteiger partial charge in [0.15, 0.2) is 0 Å². The van der Waals surface area contributed by atoms with Crippen LogP contribution in [0.3, 0.4) is 0 Å². The van der Waals surface area contributed by atoms with Crippen LogP contribution in [0.1, 0.15) is 26.7 Å². The molecular formula is C8H11Cl2Zr. The van der Waals surface area contributed by atoms with E-state index in [2.05, 4.69) is 19.9 Å². The van der Waals surface area contributed by atoms with Crippen molar-refractivity contribution in [3.05, 3.63) is 20.5 Å². The van der Waals surface area contributed by atoms with E-state index in [1.165, 1.54) is 12.8 Å². The Bertz CT molecular complexity index is 183. The third kappa shape index (κ3) is 3.44. The second-order valence-electron chi connectivity index (χ2n) is 2.39. The van der Waals surface area contributed by atoms with E-state index < -0.39 is 0 Å². The van der Waals surface area contributed by atoms with Gasteiger partial charge >= 0.3 is 71.9 Å². The summed E-state index contributed by atoms with van der Waals surface area (Å²) in [6, 6.07) is 0. The van der Waals surface area contributed by atoms with Crippen LogP contribution in [0.15, 0.2) is 20.5 Å². The van der Waals surface area contributed by atoms with Gasteiger partial charge in [-0.15, -0.1) is 0 Å². The van der Waals surface area contributed by atoms with Crippen molar-refractivity contribution in [2.45, 2.75) is 26.7 Å². The van der Waals surface area contributed by atoms with Gasteiger partial charge in [-0.3, -0.25) is 0 Å². The molecule has 3 heteroatoms. The maximum Gasteiger partial charge on any atom is -1.00 e. The van der Waals surface area contributed by atoms with Crippen LogP contribution < -0.4 is 24.8 Å². The Hall–Kier alpha value is 0.943. The molecule has 11 heavy (non-hydrogen) atoms. The SMILES string of the molecule is CCC1=CC[C]([Zr+2])=C1C.[Cl-].[Cl-]. The van der Waals surface area contributed by atoms with Crippen molar-refractivity contribution >= 4 is 0 Å². The molecule has 0 saturated carbocycles. The number of allylic oxidation sites excluding steroid dienone is 4. The van der Waals surface area contributed by atoms with Crippen molar-refractivity contribution in [3.8, 4) is 0 Å². The molecule has 0 radical (unpaired) electrons. The van der Waals surface area contributed by atoms with Gasteiger partial charge in [-0.05, 0) is 0 Å². The Morgan fingerprint density at radius 1 is 1.45 bits per heavy atom. The molecule has 0 N–H and O–H groups in total. The van der Waals surface area contributed by atoms with Crippen LogP contribution in [0.5, 0.6) is 0 Å². The molecule has 0 bridgehead atoms. The molecule has 0 amide bonds. The Morgan fingerprint density at radius 3 is 2.18 bits per heavy atom. The van der Waals surface area contributed by atoms with Gasteiger partial charge in [-0.1, -0.05) is 0 Å². The normalized spacial score (nSPS) is 15.5. The predicted octanol–water partition coefficient (Wildman–Crippen LogP) is -3.44. The number of halogens is 2. The first-order valence-corrected chi connectivity index (χ1v) is 4.59. The average molecular weight is 269 g/mol. The van der Waals surface area contributed by atoms with Crippen LogP contribution in [0.4, 0.5) is 0 Å². The molecule has 0 aromatic rings. The second kappa shape index (κ2) is 6.46. The molecule has 0 heterocycles. The molecule has 1 rings (SSSR count). The molecule has 0 aliphatic heterocycles. The van der Waals surface area contributed by atoms with Gasteiger partial charge in [0.1, 0.15) is 0 Å². The third-order valence-electron chi connectivity index (χ3n) is 1.87. The minimum atomic E-state index is 0. The van der Waals surface area contributed by atoms with Gasteiger partial charge < -0.3 is 24.8 Å². The van der Waals surface area contributed by atoms with E-state index in [0.717, 1.165) is 0 Å². The molecule has 0 nitrogen and oxygen atoms in total. The monoisotopic (exact) mass is 267 g/mol. The van der Waals surface area contributed by atoms with Crippen molar-refractivity contribution in [1.82, 2.24) is 0 Å². The first kappa shape index (κ1) is 14.5. The molecule has 61 valence electrons. The minimum absolute atomic E-state index is 0. The van der Waals surface area contributed by atoms with E-state index in [1.54, 1.807) is 39.1 Å². The Morgan fingerprint density at radius 2 is 2.00 bits per heavy atom. The van der Waals surface area contributed by atoms with Crippen molar-refractivity contribution in [1.29, 1.82) is 0 Å². The summed E-state index contributed by atoms with van der Waals surface area (Å²) in [5, 5.41) is 0. The fourth-order valence-corrected chi connectivity index (χ4v) is 1.78. The van der Waals surface area contributed by atoms with Crippen LogP contribution in [-0.2, 0) is 24.7 Å². The van der Waals surface area contributed by atoms with E-state index >= 15 is 0 Å². The minimum Gasteiger partial charge on any atom is -1.00 e. The summed E-state index contributed by atoms with van der Waals surface area (Å²) in [7, 11) is 0. The molecule has 1 aliphatic carbocycles. The summed E-state index contributed by atoms with van der Waals surface area (Å²) < 4.78 is 1.64. The summed E-state index contributed by atoms with van der Waals surface area (Å²) in [5.74, 6) is 0. The van der Waals surface area contributed by atoms with Crippen LogP contribution >= 0.6 is 0 Å². The number of rotatable bonds is 1. The van der Waals surface area contributed by atoms with Crippen LogP contribution in [0.2, 0.25) is 0 Å². The fourth-order valence-electron chi connectivity index (χ4n) is 1.13. The average Bonchev–Trinajstić information content (AvgIpc) is 2.15. The van der Waals surface area contributed by atoms with Crippen molar-refractivity contribution in [2.24, 2.45) is 0 Å². The number of hydrogen-bond acceptors (Lipinski definition) is 0. The summed E-state index contributed by atoms with van der Waals surface area (Å²) in [4.78, 5) is 0. The van der Waals surface area contributed by atoms with Crippen molar-refractivity contribution in [2.75, 3.05) is 0 Å². The molecule has 0 fully saturated rings. The van der Waals surface area contributed by atoms with Crippen molar-refractivity contribution in [3.63, 3.8) is 0 Å². The van der Waals surface area contributed by atoms with Gasteiger partial charge in [-0.25, -0.2) is 0 Å². The molecular weight excluding hydrogens is 258 g/mol. The fraction of sp³-hybridized carbons (Fsp3) is 0.500. The topological polar surface area (TPSA) is 0 Å². The molecule has 0 aromatic carbocycles.